The molecule has 0 saturated heterocycles. The number of pyridine rings is 1. The van der Waals surface area contributed by atoms with Crippen molar-refractivity contribution in [2.45, 2.75) is 26.2 Å². The van der Waals surface area contributed by atoms with Crippen LogP contribution >= 0.6 is 0 Å². The number of primary amides is 1. The molecular weight excluding hydrogens is 216 g/mol. The summed E-state index contributed by atoms with van der Waals surface area (Å²) in [6.07, 6.45) is 3.72. The van der Waals surface area contributed by atoms with Crippen molar-refractivity contribution >= 4 is 17.4 Å². The molecule has 1 fully saturated rings. The van der Waals surface area contributed by atoms with Gasteiger partial charge in [0.05, 0.1) is 5.69 Å². The predicted octanol–water partition coefficient (Wildman–Crippen LogP) is 1.36. The fourth-order valence-electron chi connectivity index (χ4n) is 2.00. The lowest BCUT2D eigenvalue weighted by Crippen LogP contribution is -2.33. The van der Waals surface area contributed by atoms with E-state index in [2.05, 4.69) is 17.2 Å². The van der Waals surface area contributed by atoms with Crippen molar-refractivity contribution in [2.24, 2.45) is 11.1 Å². The Morgan fingerprint density at radius 2 is 2.24 bits per heavy atom. The van der Waals surface area contributed by atoms with Crippen molar-refractivity contribution in [3.63, 3.8) is 0 Å². The van der Waals surface area contributed by atoms with Gasteiger partial charge in [0.1, 0.15) is 11.5 Å². The van der Waals surface area contributed by atoms with E-state index in [1.54, 1.807) is 6.07 Å². The first-order valence-corrected chi connectivity index (χ1v) is 5.80. The zero-order chi connectivity index (χ0) is 12.5. The molecule has 5 heteroatoms. The van der Waals surface area contributed by atoms with Gasteiger partial charge in [-0.3, -0.25) is 4.79 Å². The number of nitrogens with zero attached hydrogens (tertiary/aromatic N) is 1. The number of hydrogen-bond donors (Lipinski definition) is 3. The molecule has 1 aliphatic carbocycles. The number of amides is 1. The zero-order valence-corrected chi connectivity index (χ0v) is 9.99. The van der Waals surface area contributed by atoms with E-state index in [1.807, 2.05) is 0 Å². The number of nitrogens with two attached hydrogens (primary N) is 2. The van der Waals surface area contributed by atoms with Crippen LogP contribution in [0.1, 0.15) is 36.7 Å². The van der Waals surface area contributed by atoms with Gasteiger partial charge < -0.3 is 16.8 Å². The standard InChI is InChI=1S/C12H18N4O/c1-12(5-2-6-12)7-15-11-8(13)3-4-9(16-11)10(14)17/h3-4H,2,5-7,13H2,1H3,(H2,14,17)(H,15,16). The highest BCUT2D eigenvalue weighted by molar-refractivity contribution is 5.91. The Morgan fingerprint density at radius 1 is 1.53 bits per heavy atom. The molecular formula is C12H18N4O. The Hall–Kier alpha value is -1.78. The molecule has 17 heavy (non-hydrogen) atoms. The average molecular weight is 234 g/mol. The van der Waals surface area contributed by atoms with Crippen molar-refractivity contribution in [1.29, 1.82) is 0 Å². The minimum atomic E-state index is -0.539. The maximum absolute atomic E-state index is 11.0. The number of hydrogen-bond acceptors (Lipinski definition) is 4. The SMILES string of the molecule is CC1(CNc2nc(C(N)=O)ccc2N)CCC1. The Bertz CT molecular complexity index is 440. The minimum absolute atomic E-state index is 0.237. The normalized spacial score (nSPS) is 17.2. The van der Waals surface area contributed by atoms with E-state index in [9.17, 15) is 4.79 Å². The highest BCUT2D eigenvalue weighted by atomic mass is 16.1. The van der Waals surface area contributed by atoms with Gasteiger partial charge >= 0.3 is 0 Å². The van der Waals surface area contributed by atoms with Crippen LogP contribution in [0, 0.1) is 5.41 Å². The van der Waals surface area contributed by atoms with Gasteiger partial charge in [-0.1, -0.05) is 13.3 Å². The molecule has 1 aliphatic rings. The predicted molar refractivity (Wildman–Crippen MR) is 67.6 cm³/mol. The molecule has 0 unspecified atom stereocenters. The maximum atomic E-state index is 11.0. The lowest BCUT2D eigenvalue weighted by atomic mass is 9.70. The smallest absolute Gasteiger partial charge is 0.267 e. The molecule has 0 atom stereocenters. The van der Waals surface area contributed by atoms with Crippen molar-refractivity contribution in [1.82, 2.24) is 4.98 Å². The van der Waals surface area contributed by atoms with Crippen molar-refractivity contribution in [3.05, 3.63) is 17.8 Å². The summed E-state index contributed by atoms with van der Waals surface area (Å²) >= 11 is 0. The monoisotopic (exact) mass is 234 g/mol. The van der Waals surface area contributed by atoms with Gasteiger partial charge in [0.15, 0.2) is 0 Å². The number of aromatic nitrogens is 1. The summed E-state index contributed by atoms with van der Waals surface area (Å²) < 4.78 is 0. The van der Waals surface area contributed by atoms with Crippen LogP contribution in [-0.4, -0.2) is 17.4 Å². The molecule has 1 amide bonds. The third-order valence-electron chi connectivity index (χ3n) is 3.42. The summed E-state index contributed by atoms with van der Waals surface area (Å²) in [5, 5.41) is 3.21. The van der Waals surface area contributed by atoms with E-state index in [0.29, 0.717) is 16.9 Å². The van der Waals surface area contributed by atoms with Crippen LogP contribution in [0.15, 0.2) is 12.1 Å². The number of carbonyl (C=O) groups excluding carboxylic acids is 1. The molecule has 1 heterocycles. The van der Waals surface area contributed by atoms with Crippen LogP contribution in [0.3, 0.4) is 0 Å². The second kappa shape index (κ2) is 4.24. The van der Waals surface area contributed by atoms with Gasteiger partial charge in [-0.15, -0.1) is 0 Å². The summed E-state index contributed by atoms with van der Waals surface area (Å²) in [4.78, 5) is 15.1. The van der Waals surface area contributed by atoms with E-state index in [-0.39, 0.29) is 5.69 Å². The molecule has 0 radical (unpaired) electrons. The van der Waals surface area contributed by atoms with Crippen LogP contribution in [0.5, 0.6) is 0 Å². The van der Waals surface area contributed by atoms with Gasteiger partial charge in [-0.05, 0) is 30.4 Å². The summed E-state index contributed by atoms with van der Waals surface area (Å²) in [6.45, 7) is 3.06. The number of carbonyl (C=O) groups is 1. The average Bonchev–Trinajstić information content (AvgIpc) is 2.25. The molecule has 5 N–H and O–H groups in total. The third kappa shape index (κ3) is 2.49. The van der Waals surface area contributed by atoms with Crippen molar-refractivity contribution in [3.8, 4) is 0 Å². The molecule has 0 bridgehead atoms. The molecule has 1 aromatic rings. The number of nitrogen functional groups attached to an aromatic ring is 1. The second-order valence-corrected chi connectivity index (χ2v) is 5.02. The third-order valence-corrected chi connectivity index (χ3v) is 3.42. The Balaban J connectivity index is 2.08. The first-order valence-electron chi connectivity index (χ1n) is 5.80. The highest BCUT2D eigenvalue weighted by Crippen LogP contribution is 2.40. The lowest BCUT2D eigenvalue weighted by molar-refractivity contribution is 0.0996. The van der Waals surface area contributed by atoms with E-state index in [4.69, 9.17) is 11.5 Å². The molecule has 1 saturated carbocycles. The van der Waals surface area contributed by atoms with Crippen LogP contribution < -0.4 is 16.8 Å². The minimum Gasteiger partial charge on any atom is -0.396 e. The number of anilines is 2. The van der Waals surface area contributed by atoms with Gasteiger partial charge in [0.25, 0.3) is 5.91 Å². The first kappa shape index (κ1) is 11.7. The molecule has 0 aromatic carbocycles. The van der Waals surface area contributed by atoms with E-state index >= 15 is 0 Å². The zero-order valence-electron chi connectivity index (χ0n) is 9.99. The fourth-order valence-corrected chi connectivity index (χ4v) is 2.00. The second-order valence-electron chi connectivity index (χ2n) is 5.02. The molecule has 2 rings (SSSR count). The van der Waals surface area contributed by atoms with Gasteiger partial charge in [0.2, 0.25) is 0 Å². The van der Waals surface area contributed by atoms with Crippen LogP contribution in [-0.2, 0) is 0 Å². The number of nitrogens with one attached hydrogen (secondary N) is 1. The topological polar surface area (TPSA) is 94.0 Å². The first-order chi connectivity index (χ1) is 8.00. The molecule has 1 aromatic heterocycles. The van der Waals surface area contributed by atoms with Gasteiger partial charge in [0, 0.05) is 6.54 Å². The molecule has 0 aliphatic heterocycles. The maximum Gasteiger partial charge on any atom is 0.267 e. The lowest BCUT2D eigenvalue weighted by Gasteiger charge is -2.38. The Kier molecular flexibility index (Phi) is 2.92. The Labute approximate surface area is 101 Å². The van der Waals surface area contributed by atoms with E-state index in [1.165, 1.54) is 25.3 Å². The van der Waals surface area contributed by atoms with Gasteiger partial charge in [-0.25, -0.2) is 4.98 Å². The summed E-state index contributed by atoms with van der Waals surface area (Å²) in [7, 11) is 0. The van der Waals surface area contributed by atoms with Crippen molar-refractivity contribution < 1.29 is 4.79 Å². The largest absolute Gasteiger partial charge is 0.396 e. The van der Waals surface area contributed by atoms with Crippen molar-refractivity contribution in [2.75, 3.05) is 17.6 Å². The summed E-state index contributed by atoms with van der Waals surface area (Å²) in [5.41, 5.74) is 12.1. The fraction of sp³-hybridized carbons (Fsp3) is 0.500. The molecule has 5 nitrogen and oxygen atoms in total. The summed E-state index contributed by atoms with van der Waals surface area (Å²) in [6, 6.07) is 3.19. The van der Waals surface area contributed by atoms with Crippen LogP contribution in [0.25, 0.3) is 0 Å². The summed E-state index contributed by atoms with van der Waals surface area (Å²) in [5.74, 6) is 0.0114. The van der Waals surface area contributed by atoms with E-state index < -0.39 is 5.91 Å². The van der Waals surface area contributed by atoms with Crippen LogP contribution in [0.4, 0.5) is 11.5 Å². The van der Waals surface area contributed by atoms with E-state index in [0.717, 1.165) is 6.54 Å². The number of rotatable bonds is 4. The molecule has 92 valence electrons. The quantitative estimate of drug-likeness (QED) is 0.733. The highest BCUT2D eigenvalue weighted by Gasteiger charge is 2.31. The van der Waals surface area contributed by atoms with Gasteiger partial charge in [-0.2, -0.15) is 0 Å². The van der Waals surface area contributed by atoms with Crippen LogP contribution in [0.2, 0.25) is 0 Å². The Morgan fingerprint density at radius 3 is 2.76 bits per heavy atom. The molecule has 0 spiro atoms.